The highest BCUT2D eigenvalue weighted by atomic mass is 16.3. The van der Waals surface area contributed by atoms with Crippen LogP contribution in [0.25, 0.3) is 0 Å². The fraction of sp³-hybridized carbons (Fsp3) is 0.316. The number of rotatable bonds is 3. The summed E-state index contributed by atoms with van der Waals surface area (Å²) in [4.78, 5) is 14.8. The van der Waals surface area contributed by atoms with Gasteiger partial charge in [0.15, 0.2) is 5.78 Å². The van der Waals surface area contributed by atoms with Crippen molar-refractivity contribution in [3.63, 3.8) is 0 Å². The van der Waals surface area contributed by atoms with Crippen LogP contribution in [0.1, 0.15) is 28.8 Å². The Morgan fingerprint density at radius 2 is 1.68 bits per heavy atom. The van der Waals surface area contributed by atoms with Crippen LogP contribution in [0.3, 0.4) is 0 Å². The maximum absolute atomic E-state index is 12.8. The van der Waals surface area contributed by atoms with E-state index in [9.17, 15) is 9.90 Å². The van der Waals surface area contributed by atoms with Gasteiger partial charge in [-0.05, 0) is 19.0 Å². The van der Waals surface area contributed by atoms with Crippen molar-refractivity contribution in [2.75, 3.05) is 13.6 Å². The normalized spacial score (nSPS) is 25.8. The zero-order valence-corrected chi connectivity index (χ0v) is 12.8. The Hall–Kier alpha value is -1.97. The number of carbonyl (C=O) groups is 1. The first-order valence-corrected chi connectivity index (χ1v) is 7.67. The fourth-order valence-electron chi connectivity index (χ4n) is 3.19. The van der Waals surface area contributed by atoms with Crippen LogP contribution >= 0.6 is 0 Å². The Kier molecular flexibility index (Phi) is 4.10. The predicted octanol–water partition coefficient (Wildman–Crippen LogP) is 2.85. The molecule has 0 radical (unpaired) electrons. The third kappa shape index (κ3) is 2.82. The number of Topliss-reactive ketones (excluding diaryl/α,β-unsaturated/α-hetero) is 1. The van der Waals surface area contributed by atoms with Crippen molar-refractivity contribution in [1.29, 1.82) is 0 Å². The van der Waals surface area contributed by atoms with Gasteiger partial charge in [-0.3, -0.25) is 9.69 Å². The molecule has 1 aliphatic rings. The van der Waals surface area contributed by atoms with Crippen molar-refractivity contribution in [3.8, 4) is 0 Å². The molecule has 1 aliphatic heterocycles. The molecule has 2 aromatic rings. The largest absolute Gasteiger partial charge is 0.385 e. The van der Waals surface area contributed by atoms with Gasteiger partial charge in [-0.15, -0.1) is 0 Å². The number of aliphatic hydroxyl groups is 1. The van der Waals surface area contributed by atoms with E-state index in [2.05, 4.69) is 0 Å². The summed E-state index contributed by atoms with van der Waals surface area (Å²) in [5.74, 6) is 0.0807. The van der Waals surface area contributed by atoms with E-state index in [1.165, 1.54) is 0 Å². The summed E-state index contributed by atoms with van der Waals surface area (Å²) in [6.07, 6.45) is 1.08. The minimum absolute atomic E-state index is 0.0807. The lowest BCUT2D eigenvalue weighted by molar-refractivity contribution is -0.0388. The van der Waals surface area contributed by atoms with E-state index in [4.69, 9.17) is 0 Å². The van der Waals surface area contributed by atoms with Gasteiger partial charge in [0, 0.05) is 18.5 Å². The summed E-state index contributed by atoms with van der Waals surface area (Å²) in [5.41, 5.74) is 0.675. The van der Waals surface area contributed by atoms with Crippen molar-refractivity contribution in [2.24, 2.45) is 0 Å². The molecule has 3 heteroatoms. The van der Waals surface area contributed by atoms with E-state index in [-0.39, 0.29) is 11.8 Å². The Morgan fingerprint density at radius 3 is 2.32 bits per heavy atom. The molecule has 1 N–H and O–H groups in total. The van der Waals surface area contributed by atoms with Gasteiger partial charge in [0.2, 0.25) is 0 Å². The Morgan fingerprint density at radius 1 is 1.09 bits per heavy atom. The monoisotopic (exact) mass is 295 g/mol. The van der Waals surface area contributed by atoms with Gasteiger partial charge >= 0.3 is 0 Å². The molecule has 0 spiro atoms. The summed E-state index contributed by atoms with van der Waals surface area (Å²) >= 11 is 0. The number of hydrogen-bond acceptors (Lipinski definition) is 3. The maximum atomic E-state index is 12.8. The molecule has 0 bridgehead atoms. The second-order valence-corrected chi connectivity index (χ2v) is 6.08. The number of hydrogen-bond donors (Lipinski definition) is 1. The second kappa shape index (κ2) is 6.03. The number of carbonyl (C=O) groups excluding carboxylic acids is 1. The van der Waals surface area contributed by atoms with Crippen LogP contribution in [-0.4, -0.2) is 35.4 Å². The first-order chi connectivity index (χ1) is 10.6. The summed E-state index contributed by atoms with van der Waals surface area (Å²) in [7, 11) is 1.95. The molecule has 1 heterocycles. The molecule has 2 atom stereocenters. The molecule has 1 saturated heterocycles. The van der Waals surface area contributed by atoms with Crippen LogP contribution in [0.4, 0.5) is 0 Å². The zero-order valence-electron chi connectivity index (χ0n) is 12.8. The standard InChI is InChI=1S/C19H21NO2/c1-20-13-12-19(22,16-10-6-3-7-11-16)14-17(20)18(21)15-8-4-2-5-9-15/h2-11,17,22H,12-14H2,1H3. The lowest BCUT2D eigenvalue weighted by Gasteiger charge is -2.42. The molecular formula is C19H21NO2. The van der Waals surface area contributed by atoms with E-state index in [0.717, 1.165) is 5.56 Å². The topological polar surface area (TPSA) is 40.5 Å². The first-order valence-electron chi connectivity index (χ1n) is 7.67. The Balaban J connectivity index is 1.87. The third-order valence-electron chi connectivity index (χ3n) is 4.61. The van der Waals surface area contributed by atoms with Crippen LogP contribution < -0.4 is 0 Å². The third-order valence-corrected chi connectivity index (χ3v) is 4.61. The molecule has 22 heavy (non-hydrogen) atoms. The van der Waals surface area contributed by atoms with Crippen molar-refractivity contribution >= 4 is 5.78 Å². The van der Waals surface area contributed by atoms with Gasteiger partial charge in [-0.25, -0.2) is 0 Å². The molecule has 114 valence electrons. The molecule has 3 nitrogen and oxygen atoms in total. The summed E-state index contributed by atoms with van der Waals surface area (Å²) < 4.78 is 0. The predicted molar refractivity (Wildman–Crippen MR) is 86.8 cm³/mol. The average molecular weight is 295 g/mol. The average Bonchev–Trinajstić information content (AvgIpc) is 2.58. The van der Waals surface area contributed by atoms with Crippen LogP contribution in [0.2, 0.25) is 0 Å². The summed E-state index contributed by atoms with van der Waals surface area (Å²) in [6, 6.07) is 18.7. The number of ketones is 1. The molecule has 1 fully saturated rings. The van der Waals surface area contributed by atoms with E-state index in [1.807, 2.05) is 72.6 Å². The van der Waals surface area contributed by atoms with Crippen molar-refractivity contribution in [3.05, 3.63) is 71.8 Å². The first kappa shape index (κ1) is 14.9. The van der Waals surface area contributed by atoms with Gasteiger partial charge in [0.1, 0.15) is 0 Å². The Bertz CT molecular complexity index is 641. The van der Waals surface area contributed by atoms with E-state index < -0.39 is 5.60 Å². The Labute approximate surface area is 131 Å². The number of nitrogens with zero attached hydrogens (tertiary/aromatic N) is 1. The highest BCUT2D eigenvalue weighted by Gasteiger charge is 2.41. The van der Waals surface area contributed by atoms with Gasteiger partial charge in [-0.2, -0.15) is 0 Å². The lowest BCUT2D eigenvalue weighted by atomic mass is 9.79. The highest BCUT2D eigenvalue weighted by Crippen LogP contribution is 2.36. The second-order valence-electron chi connectivity index (χ2n) is 6.08. The van der Waals surface area contributed by atoms with Crippen LogP contribution in [-0.2, 0) is 5.60 Å². The molecule has 0 aromatic heterocycles. The maximum Gasteiger partial charge on any atom is 0.180 e. The van der Waals surface area contributed by atoms with Crippen molar-refractivity contribution in [1.82, 2.24) is 4.90 Å². The number of piperidine rings is 1. The van der Waals surface area contributed by atoms with Crippen LogP contribution in [0.5, 0.6) is 0 Å². The minimum Gasteiger partial charge on any atom is -0.385 e. The van der Waals surface area contributed by atoms with E-state index in [0.29, 0.717) is 24.9 Å². The van der Waals surface area contributed by atoms with Crippen molar-refractivity contribution in [2.45, 2.75) is 24.5 Å². The van der Waals surface area contributed by atoms with Gasteiger partial charge < -0.3 is 5.11 Å². The number of likely N-dealkylation sites (tertiary alicyclic amines) is 1. The molecule has 3 rings (SSSR count). The quantitative estimate of drug-likeness (QED) is 0.885. The molecule has 2 unspecified atom stereocenters. The molecule has 2 aromatic carbocycles. The number of benzene rings is 2. The van der Waals surface area contributed by atoms with E-state index in [1.54, 1.807) is 0 Å². The van der Waals surface area contributed by atoms with Crippen molar-refractivity contribution < 1.29 is 9.90 Å². The zero-order chi connectivity index (χ0) is 15.6. The lowest BCUT2D eigenvalue weighted by Crippen LogP contribution is -2.50. The smallest absolute Gasteiger partial charge is 0.180 e. The number of likely N-dealkylation sites (N-methyl/N-ethyl adjacent to an activating group) is 1. The van der Waals surface area contributed by atoms with Crippen LogP contribution in [0.15, 0.2) is 60.7 Å². The molecule has 0 aliphatic carbocycles. The van der Waals surface area contributed by atoms with E-state index >= 15 is 0 Å². The van der Waals surface area contributed by atoms with Crippen LogP contribution in [0, 0.1) is 0 Å². The summed E-state index contributed by atoms with van der Waals surface area (Å²) in [6.45, 7) is 0.703. The SMILES string of the molecule is CN1CCC(O)(c2ccccc2)CC1C(=O)c1ccccc1. The van der Waals surface area contributed by atoms with Gasteiger partial charge in [0.25, 0.3) is 0 Å². The summed E-state index contributed by atoms with van der Waals surface area (Å²) in [5, 5.41) is 11.0. The molecular weight excluding hydrogens is 274 g/mol. The fourth-order valence-corrected chi connectivity index (χ4v) is 3.19. The molecule has 0 amide bonds. The van der Waals surface area contributed by atoms with Gasteiger partial charge in [-0.1, -0.05) is 60.7 Å². The molecule has 0 saturated carbocycles. The highest BCUT2D eigenvalue weighted by molar-refractivity contribution is 6.00. The minimum atomic E-state index is -0.928. The van der Waals surface area contributed by atoms with Gasteiger partial charge in [0.05, 0.1) is 11.6 Å².